The second kappa shape index (κ2) is 5.61. The molecule has 114 valence electrons. The monoisotopic (exact) mass is 303 g/mol. The maximum atomic E-state index is 4.34. The van der Waals surface area contributed by atoms with Gasteiger partial charge in [-0.05, 0) is 48.7 Å². The molecule has 2 aromatic carbocycles. The van der Waals surface area contributed by atoms with Gasteiger partial charge in [-0.2, -0.15) is 5.10 Å². The number of aromatic amines is 2. The molecule has 0 aliphatic carbocycles. The van der Waals surface area contributed by atoms with Gasteiger partial charge in [0.1, 0.15) is 5.82 Å². The number of fused-ring (bicyclic) bond motifs is 1. The number of hydrogen-bond donors (Lipinski definition) is 3. The van der Waals surface area contributed by atoms with Crippen molar-refractivity contribution in [2.24, 2.45) is 0 Å². The van der Waals surface area contributed by atoms with Crippen molar-refractivity contribution in [1.82, 2.24) is 20.2 Å². The van der Waals surface area contributed by atoms with Crippen LogP contribution in [0, 0.1) is 6.92 Å². The summed E-state index contributed by atoms with van der Waals surface area (Å²) in [5, 5.41) is 11.7. The van der Waals surface area contributed by atoms with E-state index in [1.165, 1.54) is 16.6 Å². The number of anilines is 1. The van der Waals surface area contributed by atoms with E-state index in [1.807, 2.05) is 37.3 Å². The number of hydrogen-bond acceptors (Lipinski definition) is 3. The van der Waals surface area contributed by atoms with Gasteiger partial charge in [-0.3, -0.25) is 5.10 Å². The van der Waals surface area contributed by atoms with Crippen LogP contribution in [0.1, 0.15) is 11.5 Å². The maximum Gasteiger partial charge on any atom is 0.181 e. The summed E-state index contributed by atoms with van der Waals surface area (Å²) in [5.74, 6) is 1.55. The molecule has 0 radical (unpaired) electrons. The van der Waals surface area contributed by atoms with Crippen LogP contribution in [0.15, 0.2) is 54.6 Å². The fourth-order valence-corrected chi connectivity index (χ4v) is 2.63. The lowest BCUT2D eigenvalue weighted by atomic mass is 10.2. The highest BCUT2D eigenvalue weighted by atomic mass is 15.2. The summed E-state index contributed by atoms with van der Waals surface area (Å²) < 4.78 is 0. The number of benzene rings is 2. The molecule has 0 saturated heterocycles. The van der Waals surface area contributed by atoms with Gasteiger partial charge in [0.25, 0.3) is 0 Å². The van der Waals surface area contributed by atoms with Crippen LogP contribution in [0.5, 0.6) is 0 Å². The van der Waals surface area contributed by atoms with Crippen LogP contribution in [0.3, 0.4) is 0 Å². The third-order valence-electron chi connectivity index (χ3n) is 3.81. The molecule has 2 aromatic heterocycles. The summed E-state index contributed by atoms with van der Waals surface area (Å²) in [5.41, 5.74) is 4.41. The summed E-state index contributed by atoms with van der Waals surface area (Å²) in [4.78, 5) is 7.76. The minimum atomic E-state index is 0.727. The van der Waals surface area contributed by atoms with Crippen LogP contribution in [0.25, 0.3) is 22.3 Å². The Hall–Kier alpha value is -3.08. The van der Waals surface area contributed by atoms with Crippen molar-refractivity contribution < 1.29 is 0 Å². The van der Waals surface area contributed by atoms with Crippen LogP contribution in [-0.2, 0) is 6.54 Å². The molecule has 0 saturated carbocycles. The molecular weight excluding hydrogens is 286 g/mol. The average molecular weight is 303 g/mol. The van der Waals surface area contributed by atoms with Gasteiger partial charge in [-0.25, -0.2) is 4.98 Å². The summed E-state index contributed by atoms with van der Waals surface area (Å²) in [6.45, 7) is 2.65. The SMILES string of the molecule is Cc1nc(-c2ccc(NCc3cc4ccccc4[nH]3)cc2)n[nH]1. The lowest BCUT2D eigenvalue weighted by Crippen LogP contribution is -1.99. The second-order valence-corrected chi connectivity index (χ2v) is 5.56. The topological polar surface area (TPSA) is 69.4 Å². The van der Waals surface area contributed by atoms with Gasteiger partial charge >= 0.3 is 0 Å². The predicted octanol–water partition coefficient (Wildman–Crippen LogP) is 3.87. The van der Waals surface area contributed by atoms with E-state index in [0.717, 1.165) is 29.4 Å². The molecule has 0 fully saturated rings. The molecule has 0 aliphatic rings. The first-order valence-corrected chi connectivity index (χ1v) is 7.58. The second-order valence-electron chi connectivity index (χ2n) is 5.56. The molecular formula is C18H17N5. The van der Waals surface area contributed by atoms with Crippen LogP contribution >= 0.6 is 0 Å². The van der Waals surface area contributed by atoms with Crippen LogP contribution < -0.4 is 5.32 Å². The lowest BCUT2D eigenvalue weighted by Gasteiger charge is -2.05. The van der Waals surface area contributed by atoms with Gasteiger partial charge in [0.2, 0.25) is 0 Å². The lowest BCUT2D eigenvalue weighted by molar-refractivity contribution is 1.04. The van der Waals surface area contributed by atoms with Crippen molar-refractivity contribution in [3.63, 3.8) is 0 Å². The molecule has 4 aromatic rings. The van der Waals surface area contributed by atoms with Gasteiger partial charge in [-0.15, -0.1) is 0 Å². The normalized spacial score (nSPS) is 11.0. The first-order valence-electron chi connectivity index (χ1n) is 7.58. The minimum Gasteiger partial charge on any atom is -0.379 e. The third kappa shape index (κ3) is 2.81. The van der Waals surface area contributed by atoms with Crippen LogP contribution in [0.4, 0.5) is 5.69 Å². The van der Waals surface area contributed by atoms with Crippen molar-refractivity contribution in [3.8, 4) is 11.4 Å². The number of aromatic nitrogens is 4. The van der Waals surface area contributed by atoms with E-state index < -0.39 is 0 Å². The smallest absolute Gasteiger partial charge is 0.181 e. The average Bonchev–Trinajstić information content (AvgIpc) is 3.19. The Labute approximate surface area is 133 Å². The van der Waals surface area contributed by atoms with Crippen molar-refractivity contribution >= 4 is 16.6 Å². The molecule has 2 heterocycles. The highest BCUT2D eigenvalue weighted by Crippen LogP contribution is 2.19. The summed E-state index contributed by atoms with van der Waals surface area (Å²) in [7, 11) is 0. The Morgan fingerprint density at radius 2 is 1.87 bits per heavy atom. The number of para-hydroxylation sites is 1. The first kappa shape index (κ1) is 13.6. The highest BCUT2D eigenvalue weighted by molar-refractivity contribution is 5.80. The number of rotatable bonds is 4. The Morgan fingerprint density at radius 1 is 1.04 bits per heavy atom. The van der Waals surface area contributed by atoms with Gasteiger partial charge in [0.05, 0.1) is 6.54 Å². The number of nitrogens with zero attached hydrogens (tertiary/aromatic N) is 2. The Morgan fingerprint density at radius 3 is 2.61 bits per heavy atom. The number of H-pyrrole nitrogens is 2. The Bertz CT molecular complexity index is 900. The van der Waals surface area contributed by atoms with Gasteiger partial charge in [0.15, 0.2) is 5.82 Å². The van der Waals surface area contributed by atoms with Gasteiger partial charge < -0.3 is 10.3 Å². The first-order chi connectivity index (χ1) is 11.3. The summed E-state index contributed by atoms with van der Waals surface area (Å²) in [6.07, 6.45) is 0. The molecule has 0 aliphatic heterocycles. The quantitative estimate of drug-likeness (QED) is 0.536. The molecule has 0 amide bonds. The zero-order valence-corrected chi connectivity index (χ0v) is 12.8. The van der Waals surface area contributed by atoms with E-state index in [1.54, 1.807) is 0 Å². The van der Waals surface area contributed by atoms with E-state index in [-0.39, 0.29) is 0 Å². The molecule has 23 heavy (non-hydrogen) atoms. The van der Waals surface area contributed by atoms with Crippen molar-refractivity contribution in [2.45, 2.75) is 13.5 Å². The molecule has 0 bridgehead atoms. The number of nitrogens with one attached hydrogen (secondary N) is 3. The highest BCUT2D eigenvalue weighted by Gasteiger charge is 2.04. The molecule has 5 heteroatoms. The van der Waals surface area contributed by atoms with E-state index in [4.69, 9.17) is 0 Å². The number of aryl methyl sites for hydroxylation is 1. The predicted molar refractivity (Wildman–Crippen MR) is 92.2 cm³/mol. The van der Waals surface area contributed by atoms with Crippen LogP contribution in [0.2, 0.25) is 0 Å². The van der Waals surface area contributed by atoms with E-state index in [0.29, 0.717) is 0 Å². The zero-order chi connectivity index (χ0) is 15.6. The molecule has 5 nitrogen and oxygen atoms in total. The van der Waals surface area contributed by atoms with E-state index in [9.17, 15) is 0 Å². The molecule has 0 atom stereocenters. The molecule has 4 rings (SSSR count). The van der Waals surface area contributed by atoms with Gasteiger partial charge in [-0.1, -0.05) is 18.2 Å². The molecule has 0 spiro atoms. The third-order valence-corrected chi connectivity index (χ3v) is 3.81. The summed E-state index contributed by atoms with van der Waals surface area (Å²) in [6, 6.07) is 18.6. The Kier molecular flexibility index (Phi) is 3.31. The van der Waals surface area contributed by atoms with Crippen molar-refractivity contribution in [3.05, 3.63) is 66.1 Å². The van der Waals surface area contributed by atoms with E-state index >= 15 is 0 Å². The maximum absolute atomic E-state index is 4.34. The zero-order valence-electron chi connectivity index (χ0n) is 12.8. The summed E-state index contributed by atoms with van der Waals surface area (Å²) >= 11 is 0. The fourth-order valence-electron chi connectivity index (χ4n) is 2.63. The standard InChI is InChI=1S/C18H17N5/c1-12-20-18(23-22-12)13-6-8-15(9-7-13)19-11-16-10-14-4-2-3-5-17(14)21-16/h2-10,19,21H,11H2,1H3,(H,20,22,23). The largest absolute Gasteiger partial charge is 0.379 e. The van der Waals surface area contributed by atoms with Gasteiger partial charge in [0, 0.05) is 22.5 Å². The minimum absolute atomic E-state index is 0.727. The molecule has 3 N–H and O–H groups in total. The molecule has 0 unspecified atom stereocenters. The van der Waals surface area contributed by atoms with Crippen LogP contribution in [-0.4, -0.2) is 20.2 Å². The van der Waals surface area contributed by atoms with E-state index in [2.05, 4.69) is 49.7 Å². The van der Waals surface area contributed by atoms with Crippen molar-refractivity contribution in [2.75, 3.05) is 5.32 Å². The Balaban J connectivity index is 1.46. The van der Waals surface area contributed by atoms with Crippen molar-refractivity contribution in [1.29, 1.82) is 0 Å². The fraction of sp³-hybridized carbons (Fsp3) is 0.111.